The highest BCUT2D eigenvalue weighted by molar-refractivity contribution is 6.04. The molecule has 26 heavy (non-hydrogen) atoms. The third kappa shape index (κ3) is 3.31. The van der Waals surface area contributed by atoms with E-state index in [2.05, 4.69) is 20.5 Å². The van der Waals surface area contributed by atoms with Crippen LogP contribution in [0.2, 0.25) is 0 Å². The van der Waals surface area contributed by atoms with E-state index in [1.807, 2.05) is 19.9 Å². The van der Waals surface area contributed by atoms with Gasteiger partial charge < -0.3 is 10.1 Å². The number of pyridine rings is 1. The number of H-pyrrole nitrogens is 1. The average molecular weight is 348 g/mol. The molecule has 1 amide bonds. The number of aromatic nitrogens is 3. The molecule has 6 heteroatoms. The molecule has 0 atom stereocenters. The normalized spacial score (nSPS) is 13.5. The van der Waals surface area contributed by atoms with Crippen LogP contribution in [0.4, 0.5) is 5.82 Å². The number of carbonyl (C=O) groups is 1. The van der Waals surface area contributed by atoms with E-state index in [9.17, 15) is 4.79 Å². The summed E-state index contributed by atoms with van der Waals surface area (Å²) in [4.78, 5) is 16.6. The lowest BCUT2D eigenvalue weighted by molar-refractivity contribution is 0.102. The first kappa shape index (κ1) is 16.3. The Morgan fingerprint density at radius 1 is 1.19 bits per heavy atom. The van der Waals surface area contributed by atoms with Crippen molar-refractivity contribution in [1.82, 2.24) is 15.2 Å². The summed E-state index contributed by atoms with van der Waals surface area (Å²) in [6.45, 7) is 3.93. The lowest BCUT2D eigenvalue weighted by Crippen LogP contribution is -2.13. The molecule has 0 saturated heterocycles. The van der Waals surface area contributed by atoms with Crippen LogP contribution in [0.3, 0.4) is 0 Å². The minimum atomic E-state index is -0.207. The Hall–Kier alpha value is -3.15. The van der Waals surface area contributed by atoms with Gasteiger partial charge in [0.05, 0.1) is 0 Å². The van der Waals surface area contributed by atoms with E-state index in [4.69, 9.17) is 4.74 Å². The molecule has 2 N–H and O–H groups in total. The van der Waals surface area contributed by atoms with Crippen molar-refractivity contribution in [3.05, 3.63) is 65.1 Å². The van der Waals surface area contributed by atoms with Crippen LogP contribution in [-0.2, 0) is 0 Å². The monoisotopic (exact) mass is 348 g/mol. The number of rotatable bonds is 5. The number of aryl methyl sites for hydroxylation is 1. The van der Waals surface area contributed by atoms with Crippen molar-refractivity contribution in [2.24, 2.45) is 0 Å². The Morgan fingerprint density at radius 2 is 1.96 bits per heavy atom. The Bertz CT molecular complexity index is 946. The number of carbonyl (C=O) groups excluding carboxylic acids is 1. The molecule has 4 rings (SSSR count). The molecule has 1 aromatic carbocycles. The van der Waals surface area contributed by atoms with Crippen molar-refractivity contribution in [1.29, 1.82) is 0 Å². The molecule has 6 nitrogen and oxygen atoms in total. The summed E-state index contributed by atoms with van der Waals surface area (Å²) in [6, 6.07) is 8.96. The van der Waals surface area contributed by atoms with Gasteiger partial charge in [-0.2, -0.15) is 5.10 Å². The van der Waals surface area contributed by atoms with Crippen LogP contribution in [-0.4, -0.2) is 21.1 Å². The van der Waals surface area contributed by atoms with Gasteiger partial charge in [-0.25, -0.2) is 0 Å². The summed E-state index contributed by atoms with van der Waals surface area (Å²) in [5.41, 5.74) is 3.62. The number of benzene rings is 1. The number of hydrogen-bond acceptors (Lipinski definition) is 4. The summed E-state index contributed by atoms with van der Waals surface area (Å²) in [5.74, 6) is 2.27. The summed E-state index contributed by atoms with van der Waals surface area (Å²) < 4.78 is 5.88. The SMILES string of the molecule is Cc1ccc(C(=O)Nc2n[nH]c(C3CC3)c2C)cc1Oc1ccncc1. The highest BCUT2D eigenvalue weighted by Crippen LogP contribution is 2.41. The maximum Gasteiger partial charge on any atom is 0.257 e. The van der Waals surface area contributed by atoms with Gasteiger partial charge in [-0.1, -0.05) is 6.07 Å². The zero-order valence-corrected chi connectivity index (χ0v) is 14.7. The smallest absolute Gasteiger partial charge is 0.257 e. The van der Waals surface area contributed by atoms with Gasteiger partial charge in [0.1, 0.15) is 11.5 Å². The fourth-order valence-electron chi connectivity index (χ4n) is 2.87. The van der Waals surface area contributed by atoms with E-state index in [0.717, 1.165) is 16.8 Å². The first-order chi connectivity index (χ1) is 12.6. The number of aromatic amines is 1. The molecule has 1 saturated carbocycles. The number of ether oxygens (including phenoxy) is 1. The van der Waals surface area contributed by atoms with Crippen molar-refractivity contribution >= 4 is 11.7 Å². The zero-order chi connectivity index (χ0) is 18.1. The molecule has 1 aliphatic carbocycles. The minimum Gasteiger partial charge on any atom is -0.457 e. The van der Waals surface area contributed by atoms with E-state index >= 15 is 0 Å². The van der Waals surface area contributed by atoms with Gasteiger partial charge in [0.25, 0.3) is 5.91 Å². The second kappa shape index (κ2) is 6.63. The molecule has 0 unspecified atom stereocenters. The van der Waals surface area contributed by atoms with E-state index < -0.39 is 0 Å². The third-order valence-corrected chi connectivity index (χ3v) is 4.59. The highest BCUT2D eigenvalue weighted by atomic mass is 16.5. The number of nitrogens with one attached hydrogen (secondary N) is 2. The van der Waals surface area contributed by atoms with Crippen molar-refractivity contribution in [2.75, 3.05) is 5.32 Å². The molecule has 2 heterocycles. The third-order valence-electron chi connectivity index (χ3n) is 4.59. The van der Waals surface area contributed by atoms with Gasteiger partial charge in [0, 0.05) is 35.1 Å². The van der Waals surface area contributed by atoms with Crippen LogP contribution in [0.25, 0.3) is 0 Å². The van der Waals surface area contributed by atoms with E-state index in [1.165, 1.54) is 12.8 Å². The minimum absolute atomic E-state index is 0.207. The quantitative estimate of drug-likeness (QED) is 0.718. The molecule has 132 valence electrons. The lowest BCUT2D eigenvalue weighted by Gasteiger charge is -2.10. The first-order valence-electron chi connectivity index (χ1n) is 8.66. The van der Waals surface area contributed by atoms with Gasteiger partial charge >= 0.3 is 0 Å². The molecule has 1 fully saturated rings. The summed E-state index contributed by atoms with van der Waals surface area (Å²) in [7, 11) is 0. The van der Waals surface area contributed by atoms with Crippen LogP contribution >= 0.6 is 0 Å². The predicted molar refractivity (Wildman–Crippen MR) is 98.7 cm³/mol. The summed E-state index contributed by atoms with van der Waals surface area (Å²) in [5, 5.41) is 10.2. The van der Waals surface area contributed by atoms with Crippen molar-refractivity contribution in [3.8, 4) is 11.5 Å². The van der Waals surface area contributed by atoms with Gasteiger partial charge in [-0.15, -0.1) is 0 Å². The molecular weight excluding hydrogens is 328 g/mol. The molecule has 1 aliphatic rings. The number of amides is 1. The second-order valence-corrected chi connectivity index (χ2v) is 6.60. The van der Waals surface area contributed by atoms with Gasteiger partial charge in [0.15, 0.2) is 5.82 Å². The standard InChI is InChI=1S/C20H20N4O2/c1-12-3-4-15(11-17(12)26-16-7-9-21-10-8-16)20(25)22-19-13(2)18(23-24-19)14-5-6-14/h3-4,7-11,14H,5-6H2,1-2H3,(H2,22,23,24,25). The zero-order valence-electron chi connectivity index (χ0n) is 14.7. The second-order valence-electron chi connectivity index (χ2n) is 6.60. The van der Waals surface area contributed by atoms with E-state index in [-0.39, 0.29) is 5.91 Å². The van der Waals surface area contributed by atoms with Crippen LogP contribution in [0.5, 0.6) is 11.5 Å². The number of anilines is 1. The van der Waals surface area contributed by atoms with Crippen molar-refractivity contribution in [3.63, 3.8) is 0 Å². The molecule has 3 aromatic rings. The van der Waals surface area contributed by atoms with E-state index in [1.54, 1.807) is 36.7 Å². The average Bonchev–Trinajstić information content (AvgIpc) is 3.42. The maximum absolute atomic E-state index is 12.6. The molecule has 0 bridgehead atoms. The molecular formula is C20H20N4O2. The molecule has 2 aromatic heterocycles. The number of hydrogen-bond donors (Lipinski definition) is 2. The summed E-state index contributed by atoms with van der Waals surface area (Å²) >= 11 is 0. The molecule has 0 aliphatic heterocycles. The Kier molecular flexibility index (Phi) is 4.16. The largest absolute Gasteiger partial charge is 0.457 e. The molecule has 0 spiro atoms. The Labute approximate surface area is 151 Å². The highest BCUT2D eigenvalue weighted by Gasteiger charge is 2.28. The van der Waals surface area contributed by atoms with Crippen LogP contribution in [0.15, 0.2) is 42.7 Å². The Balaban J connectivity index is 1.53. The summed E-state index contributed by atoms with van der Waals surface area (Å²) in [6.07, 6.45) is 5.70. The lowest BCUT2D eigenvalue weighted by atomic mass is 10.1. The topological polar surface area (TPSA) is 79.9 Å². The van der Waals surface area contributed by atoms with Gasteiger partial charge in [-0.05, 0) is 56.5 Å². The predicted octanol–water partition coefficient (Wildman–Crippen LogP) is 4.34. The van der Waals surface area contributed by atoms with E-state index in [0.29, 0.717) is 28.8 Å². The molecule has 0 radical (unpaired) electrons. The maximum atomic E-state index is 12.6. The Morgan fingerprint density at radius 3 is 2.69 bits per heavy atom. The van der Waals surface area contributed by atoms with Crippen molar-refractivity contribution in [2.45, 2.75) is 32.6 Å². The fraction of sp³-hybridized carbons (Fsp3) is 0.250. The van der Waals surface area contributed by atoms with Crippen molar-refractivity contribution < 1.29 is 9.53 Å². The van der Waals surface area contributed by atoms with Crippen LogP contribution < -0.4 is 10.1 Å². The van der Waals surface area contributed by atoms with Gasteiger partial charge in [0.2, 0.25) is 0 Å². The first-order valence-corrected chi connectivity index (χ1v) is 8.66. The fourth-order valence-corrected chi connectivity index (χ4v) is 2.87. The van der Waals surface area contributed by atoms with Crippen LogP contribution in [0.1, 0.15) is 45.9 Å². The van der Waals surface area contributed by atoms with Gasteiger partial charge in [-0.3, -0.25) is 14.9 Å². The number of nitrogens with zero attached hydrogens (tertiary/aromatic N) is 2. The van der Waals surface area contributed by atoms with Crippen LogP contribution in [0, 0.1) is 13.8 Å².